The largest absolute Gasteiger partial charge is 0.491 e. The molecule has 3 aromatic rings. The van der Waals surface area contributed by atoms with Crippen molar-refractivity contribution < 1.29 is 18.7 Å². The fourth-order valence-electron chi connectivity index (χ4n) is 4.25. The van der Waals surface area contributed by atoms with Gasteiger partial charge in [0, 0.05) is 34.2 Å². The Morgan fingerprint density at radius 3 is 2.81 bits per heavy atom. The molecule has 0 unspecified atom stereocenters. The van der Waals surface area contributed by atoms with Crippen molar-refractivity contribution in [3.05, 3.63) is 81.3 Å². The highest BCUT2D eigenvalue weighted by Crippen LogP contribution is 2.34. The van der Waals surface area contributed by atoms with Crippen LogP contribution in [0.4, 0.5) is 14.9 Å². The van der Waals surface area contributed by atoms with E-state index in [1.54, 1.807) is 57.5 Å². The molecule has 0 spiro atoms. The molecule has 2 heterocycles. The Morgan fingerprint density at radius 2 is 2.06 bits per heavy atom. The maximum Gasteiger partial charge on any atom is 0.322 e. The van der Waals surface area contributed by atoms with Crippen LogP contribution in [0.3, 0.4) is 0 Å². The van der Waals surface area contributed by atoms with Gasteiger partial charge >= 0.3 is 6.03 Å². The Morgan fingerprint density at radius 1 is 1.25 bits per heavy atom. The van der Waals surface area contributed by atoms with Gasteiger partial charge in [-0.2, -0.15) is 0 Å². The van der Waals surface area contributed by atoms with Crippen molar-refractivity contribution in [2.75, 3.05) is 25.0 Å². The number of fused-ring (bicyclic) bond motifs is 1. The number of hydrogen-bond donors (Lipinski definition) is 1. The van der Waals surface area contributed by atoms with Crippen LogP contribution in [0.1, 0.15) is 36.8 Å². The maximum absolute atomic E-state index is 13.6. The van der Waals surface area contributed by atoms with Gasteiger partial charge in [-0.15, -0.1) is 11.3 Å². The van der Waals surface area contributed by atoms with Gasteiger partial charge in [-0.25, -0.2) is 9.18 Å². The molecular weight excluding hydrogens is 501 g/mol. The monoisotopic (exact) mass is 529 g/mol. The Balaban J connectivity index is 1.51. The van der Waals surface area contributed by atoms with Crippen LogP contribution in [0.25, 0.3) is 0 Å². The summed E-state index contributed by atoms with van der Waals surface area (Å²) in [6.45, 7) is 4.54. The zero-order valence-electron chi connectivity index (χ0n) is 20.2. The number of carbonyl (C=O) groups is 2. The third-order valence-corrected chi connectivity index (χ3v) is 7.62. The summed E-state index contributed by atoms with van der Waals surface area (Å²) in [6.07, 6.45) is 1.43. The minimum Gasteiger partial charge on any atom is -0.491 e. The Bertz CT molecular complexity index is 1220. The lowest BCUT2D eigenvalue weighted by molar-refractivity contribution is -0.135. The van der Waals surface area contributed by atoms with Gasteiger partial charge in [-0.3, -0.25) is 4.79 Å². The van der Waals surface area contributed by atoms with Crippen LogP contribution in [0, 0.1) is 5.82 Å². The van der Waals surface area contributed by atoms with Gasteiger partial charge in [0.1, 0.15) is 24.7 Å². The summed E-state index contributed by atoms with van der Waals surface area (Å²) >= 11 is 7.71. The predicted octanol–water partition coefficient (Wildman–Crippen LogP) is 6.38. The number of amides is 3. The normalized spacial score (nSPS) is 15.7. The van der Waals surface area contributed by atoms with Crippen LogP contribution in [0.5, 0.6) is 5.75 Å². The molecule has 3 amide bonds. The topological polar surface area (TPSA) is 61.9 Å². The number of benzene rings is 2. The number of thiophene rings is 1. The summed E-state index contributed by atoms with van der Waals surface area (Å²) in [4.78, 5) is 31.3. The third-order valence-electron chi connectivity index (χ3n) is 6.38. The zero-order chi connectivity index (χ0) is 25.7. The lowest BCUT2D eigenvalue weighted by Crippen LogP contribution is -2.50. The molecule has 1 aromatic heterocycles. The van der Waals surface area contributed by atoms with E-state index in [1.165, 1.54) is 17.0 Å². The van der Waals surface area contributed by atoms with Crippen molar-refractivity contribution in [3.63, 3.8) is 0 Å². The first-order chi connectivity index (χ1) is 17.4. The van der Waals surface area contributed by atoms with E-state index in [2.05, 4.69) is 5.32 Å². The number of carbonyl (C=O) groups excluding carboxylic acids is 2. The van der Waals surface area contributed by atoms with Gasteiger partial charge in [-0.1, -0.05) is 30.7 Å². The number of ether oxygens (including phenoxy) is 1. The van der Waals surface area contributed by atoms with Gasteiger partial charge in [0.2, 0.25) is 5.91 Å². The summed E-state index contributed by atoms with van der Waals surface area (Å²) in [5.74, 6) is -0.136. The number of anilines is 1. The quantitative estimate of drug-likeness (QED) is 0.368. The molecule has 36 heavy (non-hydrogen) atoms. The smallest absolute Gasteiger partial charge is 0.322 e. The molecule has 6 nitrogen and oxygen atoms in total. The Labute approximate surface area is 219 Å². The summed E-state index contributed by atoms with van der Waals surface area (Å²) < 4.78 is 19.5. The molecule has 0 bridgehead atoms. The number of nitrogens with zero attached hydrogens (tertiary/aromatic N) is 2. The van der Waals surface area contributed by atoms with Crippen LogP contribution < -0.4 is 10.1 Å². The molecular formula is C27H29ClFN3O3S. The molecule has 0 aliphatic carbocycles. The molecule has 190 valence electrons. The molecule has 1 aliphatic rings. The minimum absolute atomic E-state index is 0.0721. The second-order valence-corrected chi connectivity index (χ2v) is 10.2. The molecule has 2 aromatic carbocycles. The second-order valence-electron chi connectivity index (χ2n) is 8.75. The second kappa shape index (κ2) is 11.8. The van der Waals surface area contributed by atoms with Crippen LogP contribution in [0.2, 0.25) is 5.02 Å². The number of rotatable bonds is 8. The van der Waals surface area contributed by atoms with Gasteiger partial charge < -0.3 is 19.9 Å². The SMILES string of the molecule is CC[C@H](C)N(CC(=O)N1CCc2sccc2[C@H]1COc1cccc(F)c1)C(=O)Nc1cccc(Cl)c1. The predicted molar refractivity (Wildman–Crippen MR) is 141 cm³/mol. The van der Waals surface area contributed by atoms with Gasteiger partial charge in [-0.05, 0) is 67.1 Å². The molecule has 0 radical (unpaired) electrons. The van der Waals surface area contributed by atoms with Crippen molar-refractivity contribution in [2.24, 2.45) is 0 Å². The fraction of sp³-hybridized carbons (Fsp3) is 0.333. The van der Waals surface area contributed by atoms with Crippen LogP contribution >= 0.6 is 22.9 Å². The van der Waals surface area contributed by atoms with Crippen molar-refractivity contribution in [1.82, 2.24) is 9.80 Å². The highest BCUT2D eigenvalue weighted by molar-refractivity contribution is 7.10. The highest BCUT2D eigenvalue weighted by Gasteiger charge is 2.34. The molecule has 1 aliphatic heterocycles. The van der Waals surface area contributed by atoms with Crippen LogP contribution in [-0.2, 0) is 11.2 Å². The maximum atomic E-state index is 13.6. The summed E-state index contributed by atoms with van der Waals surface area (Å²) in [6, 6.07) is 14.0. The van der Waals surface area contributed by atoms with Gasteiger partial charge in [0.15, 0.2) is 0 Å². The first-order valence-electron chi connectivity index (χ1n) is 11.9. The molecule has 0 saturated heterocycles. The zero-order valence-corrected chi connectivity index (χ0v) is 21.8. The lowest BCUT2D eigenvalue weighted by atomic mass is 10.00. The number of hydrogen-bond acceptors (Lipinski definition) is 4. The molecule has 9 heteroatoms. The first kappa shape index (κ1) is 26.0. The van der Waals surface area contributed by atoms with E-state index < -0.39 is 0 Å². The number of urea groups is 1. The molecule has 0 saturated carbocycles. The Hall–Kier alpha value is -3.10. The van der Waals surface area contributed by atoms with Gasteiger partial charge in [0.25, 0.3) is 0 Å². The van der Waals surface area contributed by atoms with E-state index in [-0.39, 0.29) is 43.0 Å². The van der Waals surface area contributed by atoms with E-state index in [0.29, 0.717) is 29.4 Å². The standard InChI is InChI=1S/C27H29ClFN3O3S/c1-3-18(2)32(27(34)30-21-8-4-6-19(28)14-21)16-26(33)31-12-10-25-23(11-13-36-25)24(31)17-35-22-9-5-7-20(29)15-22/h4-9,11,13-15,18,24H,3,10,12,16-17H2,1-2H3,(H,30,34)/t18-,24+/m0/s1. The summed E-state index contributed by atoms with van der Waals surface area (Å²) in [5, 5.41) is 5.38. The molecule has 2 atom stereocenters. The lowest BCUT2D eigenvalue weighted by Gasteiger charge is -2.38. The van der Waals surface area contributed by atoms with E-state index in [4.69, 9.17) is 16.3 Å². The summed E-state index contributed by atoms with van der Waals surface area (Å²) in [7, 11) is 0. The molecule has 0 fully saturated rings. The van der Waals surface area contributed by atoms with Crippen molar-refractivity contribution >= 4 is 40.6 Å². The number of nitrogens with one attached hydrogen (secondary N) is 1. The number of halogens is 2. The van der Waals surface area contributed by atoms with E-state index >= 15 is 0 Å². The first-order valence-corrected chi connectivity index (χ1v) is 13.2. The van der Waals surface area contributed by atoms with Crippen LogP contribution in [0.15, 0.2) is 60.0 Å². The van der Waals surface area contributed by atoms with Crippen molar-refractivity contribution in [2.45, 2.75) is 38.8 Å². The third kappa shape index (κ3) is 6.17. The van der Waals surface area contributed by atoms with Crippen molar-refractivity contribution in [3.8, 4) is 5.75 Å². The van der Waals surface area contributed by atoms with E-state index in [0.717, 1.165) is 12.0 Å². The van der Waals surface area contributed by atoms with Crippen molar-refractivity contribution in [1.29, 1.82) is 0 Å². The highest BCUT2D eigenvalue weighted by atomic mass is 35.5. The van der Waals surface area contributed by atoms with Crippen LogP contribution in [-0.4, -0.2) is 47.5 Å². The fourth-order valence-corrected chi connectivity index (χ4v) is 5.37. The molecule has 1 N–H and O–H groups in total. The minimum atomic E-state index is -0.379. The Kier molecular flexibility index (Phi) is 8.48. The van der Waals surface area contributed by atoms with E-state index in [9.17, 15) is 14.0 Å². The average molecular weight is 530 g/mol. The summed E-state index contributed by atoms with van der Waals surface area (Å²) in [5.41, 5.74) is 1.60. The van der Waals surface area contributed by atoms with Gasteiger partial charge in [0.05, 0.1) is 6.04 Å². The average Bonchev–Trinajstić information content (AvgIpc) is 3.34. The molecule has 4 rings (SSSR count). The van der Waals surface area contributed by atoms with E-state index in [1.807, 2.05) is 25.3 Å².